The van der Waals surface area contributed by atoms with Gasteiger partial charge in [0, 0.05) is 11.6 Å². The fourth-order valence-corrected chi connectivity index (χ4v) is 4.47. The molecule has 0 aromatic heterocycles. The van der Waals surface area contributed by atoms with E-state index in [9.17, 15) is 9.90 Å². The predicted molar refractivity (Wildman–Crippen MR) is 79.3 cm³/mol. The van der Waals surface area contributed by atoms with Crippen LogP contribution >= 0.6 is 0 Å². The number of nitrogens with one attached hydrogen (secondary N) is 2. The fraction of sp³-hybridized carbons (Fsp3) is 0.471. The number of allylic oxidation sites excluding steroid dienone is 2. The van der Waals surface area contributed by atoms with Gasteiger partial charge in [0.25, 0.3) is 5.91 Å². The highest BCUT2D eigenvalue weighted by Gasteiger charge is 2.41. The highest BCUT2D eigenvalue weighted by atomic mass is 16.3. The molecule has 0 saturated heterocycles. The summed E-state index contributed by atoms with van der Waals surface area (Å²) < 4.78 is 0. The summed E-state index contributed by atoms with van der Waals surface area (Å²) in [5.41, 5.74) is 8.98. The highest BCUT2D eigenvalue weighted by Crippen LogP contribution is 2.52. The van der Waals surface area contributed by atoms with E-state index in [1.165, 1.54) is 49.4 Å². The number of phenolic OH excluding ortho intramolecular Hbond substituents is 1. The van der Waals surface area contributed by atoms with Crippen LogP contribution in [0.3, 0.4) is 0 Å². The minimum absolute atomic E-state index is 0.0135. The molecule has 4 aliphatic rings. The van der Waals surface area contributed by atoms with Crippen molar-refractivity contribution < 1.29 is 9.90 Å². The summed E-state index contributed by atoms with van der Waals surface area (Å²) in [5.74, 6) is 2.07. The van der Waals surface area contributed by atoms with Crippen LogP contribution in [0.4, 0.5) is 0 Å². The predicted octanol–water partition coefficient (Wildman–Crippen LogP) is 2.72. The minimum Gasteiger partial charge on any atom is -0.507 e. The van der Waals surface area contributed by atoms with Crippen LogP contribution in [0.25, 0.3) is 0 Å². The smallest absolute Gasteiger partial charge is 0.273 e. The average molecular weight is 284 g/mol. The Kier molecular flexibility index (Phi) is 2.91. The Hall–Kier alpha value is -1.97. The SMILES string of the molecule is O=C(NNC1=C2C[C@@H]3CC1C[C@H](C2)C3)c1ccccc1O. The molecule has 4 nitrogen and oxygen atoms in total. The molecule has 0 aliphatic heterocycles. The second-order valence-electron chi connectivity index (χ2n) is 6.66. The van der Waals surface area contributed by atoms with Gasteiger partial charge in [0.05, 0.1) is 5.56 Å². The summed E-state index contributed by atoms with van der Waals surface area (Å²) in [7, 11) is 0. The number of phenols is 1. The third kappa shape index (κ3) is 2.19. The molecule has 21 heavy (non-hydrogen) atoms. The van der Waals surface area contributed by atoms with Gasteiger partial charge in [-0.25, -0.2) is 0 Å². The Morgan fingerprint density at radius 2 is 1.81 bits per heavy atom. The van der Waals surface area contributed by atoms with Crippen molar-refractivity contribution in [1.82, 2.24) is 10.9 Å². The van der Waals surface area contributed by atoms with Gasteiger partial charge in [-0.3, -0.25) is 10.2 Å². The summed E-state index contributed by atoms with van der Waals surface area (Å²) in [6.45, 7) is 0. The Labute approximate surface area is 124 Å². The van der Waals surface area contributed by atoms with Crippen molar-refractivity contribution in [2.45, 2.75) is 32.1 Å². The highest BCUT2D eigenvalue weighted by molar-refractivity contribution is 5.96. The first-order chi connectivity index (χ1) is 10.2. The van der Waals surface area contributed by atoms with Gasteiger partial charge >= 0.3 is 0 Å². The zero-order chi connectivity index (χ0) is 14.4. The standard InChI is InChI=1S/C17H20N2O2/c20-15-4-2-1-3-14(15)17(21)19-18-16-12-6-10-5-11(8-12)9-13(16)7-10/h1-4,10-12,18,20H,5-9H2,(H,19,21)/t10-,11+,12?. The second-order valence-corrected chi connectivity index (χ2v) is 6.66. The molecule has 4 heteroatoms. The molecule has 4 bridgehead atoms. The monoisotopic (exact) mass is 284 g/mol. The van der Waals surface area contributed by atoms with Gasteiger partial charge in [-0.15, -0.1) is 0 Å². The fourth-order valence-electron chi connectivity index (χ4n) is 4.47. The number of hydrogen-bond donors (Lipinski definition) is 3. The van der Waals surface area contributed by atoms with Crippen molar-refractivity contribution in [3.05, 3.63) is 41.1 Å². The van der Waals surface area contributed by atoms with Crippen LogP contribution < -0.4 is 10.9 Å². The third-order valence-corrected chi connectivity index (χ3v) is 5.22. The van der Waals surface area contributed by atoms with Crippen molar-refractivity contribution in [2.75, 3.05) is 0 Å². The lowest BCUT2D eigenvalue weighted by molar-refractivity contribution is 0.0922. The van der Waals surface area contributed by atoms with Gasteiger partial charge in [-0.05, 0) is 61.6 Å². The van der Waals surface area contributed by atoms with Gasteiger partial charge in [0.2, 0.25) is 0 Å². The summed E-state index contributed by atoms with van der Waals surface area (Å²) in [4.78, 5) is 12.1. The first kappa shape index (κ1) is 12.7. The molecule has 2 saturated carbocycles. The molecule has 4 aliphatic carbocycles. The molecule has 3 N–H and O–H groups in total. The molecule has 0 spiro atoms. The quantitative estimate of drug-likeness (QED) is 0.748. The van der Waals surface area contributed by atoms with E-state index in [0.717, 1.165) is 11.8 Å². The van der Waals surface area contributed by atoms with Crippen LogP contribution in [0.15, 0.2) is 35.5 Å². The van der Waals surface area contributed by atoms with E-state index >= 15 is 0 Å². The van der Waals surface area contributed by atoms with E-state index in [1.807, 2.05) is 0 Å². The van der Waals surface area contributed by atoms with Crippen molar-refractivity contribution >= 4 is 5.91 Å². The first-order valence-electron chi connectivity index (χ1n) is 7.77. The molecule has 3 atom stereocenters. The Balaban J connectivity index is 1.48. The van der Waals surface area contributed by atoms with Crippen LogP contribution in [-0.2, 0) is 0 Å². The Bertz CT molecular complexity index is 607. The molecular weight excluding hydrogens is 264 g/mol. The van der Waals surface area contributed by atoms with Crippen LogP contribution in [0.2, 0.25) is 0 Å². The lowest BCUT2D eigenvalue weighted by atomic mass is 9.60. The number of amides is 1. The number of hydrogen-bond acceptors (Lipinski definition) is 3. The topological polar surface area (TPSA) is 61.4 Å². The lowest BCUT2D eigenvalue weighted by Gasteiger charge is -2.47. The van der Waals surface area contributed by atoms with Crippen molar-refractivity contribution in [3.63, 3.8) is 0 Å². The van der Waals surface area contributed by atoms with Crippen LogP contribution in [0, 0.1) is 17.8 Å². The van der Waals surface area contributed by atoms with Gasteiger partial charge in [-0.1, -0.05) is 12.1 Å². The molecule has 1 aromatic rings. The summed E-state index contributed by atoms with van der Waals surface area (Å²) in [6, 6.07) is 6.61. The molecule has 2 fully saturated rings. The Morgan fingerprint density at radius 3 is 2.48 bits per heavy atom. The Morgan fingerprint density at radius 1 is 1.10 bits per heavy atom. The zero-order valence-corrected chi connectivity index (χ0v) is 11.9. The number of carbonyl (C=O) groups excluding carboxylic acids is 1. The van der Waals surface area contributed by atoms with E-state index in [1.54, 1.807) is 18.2 Å². The molecule has 1 aromatic carbocycles. The molecular formula is C17H20N2O2. The summed E-state index contributed by atoms with van der Waals surface area (Å²) in [5, 5.41) is 9.72. The maximum Gasteiger partial charge on any atom is 0.273 e. The maximum absolute atomic E-state index is 12.1. The van der Waals surface area contributed by atoms with E-state index in [-0.39, 0.29) is 11.7 Å². The van der Waals surface area contributed by atoms with E-state index in [4.69, 9.17) is 0 Å². The van der Waals surface area contributed by atoms with Gasteiger partial charge in [0.1, 0.15) is 5.75 Å². The van der Waals surface area contributed by atoms with Crippen LogP contribution in [0.1, 0.15) is 42.5 Å². The van der Waals surface area contributed by atoms with Gasteiger partial charge < -0.3 is 10.5 Å². The van der Waals surface area contributed by atoms with E-state index < -0.39 is 0 Å². The zero-order valence-electron chi connectivity index (χ0n) is 11.9. The van der Waals surface area contributed by atoms with Gasteiger partial charge in [0.15, 0.2) is 0 Å². The lowest BCUT2D eigenvalue weighted by Crippen LogP contribution is -2.45. The maximum atomic E-state index is 12.1. The third-order valence-electron chi connectivity index (χ3n) is 5.22. The normalized spacial score (nSPS) is 29.6. The van der Waals surface area contributed by atoms with Crippen molar-refractivity contribution in [2.24, 2.45) is 17.8 Å². The van der Waals surface area contributed by atoms with Crippen LogP contribution in [0.5, 0.6) is 5.75 Å². The van der Waals surface area contributed by atoms with E-state index in [2.05, 4.69) is 10.9 Å². The van der Waals surface area contributed by atoms with Crippen molar-refractivity contribution in [1.29, 1.82) is 0 Å². The summed E-state index contributed by atoms with van der Waals surface area (Å²) >= 11 is 0. The van der Waals surface area contributed by atoms with Crippen molar-refractivity contribution in [3.8, 4) is 5.75 Å². The largest absolute Gasteiger partial charge is 0.507 e. The minimum atomic E-state index is -0.282. The molecule has 1 unspecified atom stereocenters. The number of carbonyl (C=O) groups is 1. The number of rotatable bonds is 3. The number of aromatic hydroxyl groups is 1. The first-order valence-corrected chi connectivity index (χ1v) is 7.77. The van der Waals surface area contributed by atoms with E-state index in [0.29, 0.717) is 11.5 Å². The molecule has 0 heterocycles. The second kappa shape index (κ2) is 4.79. The number of hydrazine groups is 1. The van der Waals surface area contributed by atoms with Gasteiger partial charge in [-0.2, -0.15) is 0 Å². The molecule has 1 amide bonds. The average Bonchev–Trinajstić information content (AvgIpc) is 2.46. The summed E-state index contributed by atoms with van der Waals surface area (Å²) in [6.07, 6.45) is 6.31. The molecule has 5 rings (SSSR count). The molecule has 110 valence electrons. The van der Waals surface area contributed by atoms with Crippen LogP contribution in [-0.4, -0.2) is 11.0 Å². The number of benzene rings is 1. The number of para-hydroxylation sites is 1. The molecule has 0 radical (unpaired) electrons.